The summed E-state index contributed by atoms with van der Waals surface area (Å²) in [6.07, 6.45) is 1.71. The van der Waals surface area contributed by atoms with Crippen molar-refractivity contribution in [1.29, 1.82) is 0 Å². The fourth-order valence-electron chi connectivity index (χ4n) is 2.16. The molecule has 96 valence electrons. The second-order valence-electron chi connectivity index (χ2n) is 4.59. The fourth-order valence-corrected chi connectivity index (χ4v) is 2.16. The van der Waals surface area contributed by atoms with Crippen LogP contribution in [0.15, 0.2) is 53.1 Å². The third-order valence-corrected chi connectivity index (χ3v) is 3.09. The third-order valence-electron chi connectivity index (χ3n) is 3.09. The molecule has 1 aromatic heterocycles. The number of aryl methyl sites for hydroxylation is 1. The SMILES string of the molecule is Cc1cccc(OCc2coc3cccc(N)c23)c1. The van der Waals surface area contributed by atoms with Gasteiger partial charge < -0.3 is 14.9 Å². The van der Waals surface area contributed by atoms with Crippen LogP contribution in [0.1, 0.15) is 11.1 Å². The first-order chi connectivity index (χ1) is 9.24. The van der Waals surface area contributed by atoms with Gasteiger partial charge in [0.15, 0.2) is 0 Å². The number of ether oxygens (including phenoxy) is 1. The fraction of sp³-hybridized carbons (Fsp3) is 0.125. The van der Waals surface area contributed by atoms with Gasteiger partial charge >= 0.3 is 0 Å². The van der Waals surface area contributed by atoms with E-state index >= 15 is 0 Å². The van der Waals surface area contributed by atoms with E-state index in [4.69, 9.17) is 14.9 Å². The zero-order valence-corrected chi connectivity index (χ0v) is 10.7. The van der Waals surface area contributed by atoms with Crippen LogP contribution in [0.3, 0.4) is 0 Å². The van der Waals surface area contributed by atoms with Crippen LogP contribution >= 0.6 is 0 Å². The lowest BCUT2D eigenvalue weighted by Crippen LogP contribution is -1.96. The Morgan fingerprint density at radius 3 is 2.84 bits per heavy atom. The molecule has 0 saturated heterocycles. The molecule has 2 N–H and O–H groups in total. The molecule has 3 aromatic rings. The van der Waals surface area contributed by atoms with Crippen LogP contribution < -0.4 is 10.5 Å². The van der Waals surface area contributed by atoms with Gasteiger partial charge in [0.25, 0.3) is 0 Å². The lowest BCUT2D eigenvalue weighted by molar-refractivity contribution is 0.306. The van der Waals surface area contributed by atoms with E-state index in [0.29, 0.717) is 12.3 Å². The van der Waals surface area contributed by atoms with Gasteiger partial charge in [0, 0.05) is 16.6 Å². The first kappa shape index (κ1) is 11.7. The summed E-state index contributed by atoms with van der Waals surface area (Å²) in [6.45, 7) is 2.49. The molecule has 3 rings (SSSR count). The van der Waals surface area contributed by atoms with E-state index in [2.05, 4.69) is 0 Å². The second kappa shape index (κ2) is 4.69. The molecule has 0 amide bonds. The number of nitrogen functional groups attached to an aromatic ring is 1. The standard InChI is InChI=1S/C16H15NO2/c1-11-4-2-5-13(8-11)18-9-12-10-19-15-7-3-6-14(17)16(12)15/h2-8,10H,9,17H2,1H3. The molecule has 0 fully saturated rings. The average Bonchev–Trinajstić information content (AvgIpc) is 2.81. The van der Waals surface area contributed by atoms with Crippen LogP contribution in [-0.4, -0.2) is 0 Å². The minimum absolute atomic E-state index is 0.449. The monoisotopic (exact) mass is 253 g/mol. The summed E-state index contributed by atoms with van der Waals surface area (Å²) in [5.41, 5.74) is 9.63. The molecule has 0 spiro atoms. The molecule has 1 heterocycles. The number of hydrogen-bond acceptors (Lipinski definition) is 3. The van der Waals surface area contributed by atoms with Gasteiger partial charge in [-0.25, -0.2) is 0 Å². The largest absolute Gasteiger partial charge is 0.489 e. The van der Waals surface area contributed by atoms with Gasteiger partial charge in [-0.05, 0) is 36.8 Å². The molecule has 3 heteroatoms. The molecule has 19 heavy (non-hydrogen) atoms. The molecule has 0 bridgehead atoms. The summed E-state index contributed by atoms with van der Waals surface area (Å²) in [7, 11) is 0. The molecule has 0 saturated carbocycles. The smallest absolute Gasteiger partial charge is 0.136 e. The Kier molecular flexibility index (Phi) is 2.88. The van der Waals surface area contributed by atoms with Crippen molar-refractivity contribution in [3.8, 4) is 5.75 Å². The summed E-state index contributed by atoms with van der Waals surface area (Å²) < 4.78 is 11.3. The molecule has 0 atom stereocenters. The summed E-state index contributed by atoms with van der Waals surface area (Å²) in [4.78, 5) is 0. The number of furan rings is 1. The van der Waals surface area contributed by atoms with E-state index in [1.165, 1.54) is 5.56 Å². The van der Waals surface area contributed by atoms with E-state index in [9.17, 15) is 0 Å². The summed E-state index contributed by atoms with van der Waals surface area (Å²) in [5, 5.41) is 0.940. The number of rotatable bonds is 3. The van der Waals surface area contributed by atoms with Crippen molar-refractivity contribution in [3.05, 3.63) is 59.9 Å². The highest BCUT2D eigenvalue weighted by atomic mass is 16.5. The van der Waals surface area contributed by atoms with Gasteiger partial charge in [-0.2, -0.15) is 0 Å². The molecule has 0 aliphatic heterocycles. The maximum Gasteiger partial charge on any atom is 0.136 e. The Hall–Kier alpha value is -2.42. The van der Waals surface area contributed by atoms with Crippen LogP contribution in [-0.2, 0) is 6.61 Å². The number of benzene rings is 2. The first-order valence-corrected chi connectivity index (χ1v) is 6.18. The Balaban J connectivity index is 1.86. The molecular formula is C16H15NO2. The van der Waals surface area contributed by atoms with Gasteiger partial charge in [0.05, 0.1) is 6.26 Å². The van der Waals surface area contributed by atoms with Crippen molar-refractivity contribution >= 4 is 16.7 Å². The van der Waals surface area contributed by atoms with Crippen LogP contribution in [0.2, 0.25) is 0 Å². The van der Waals surface area contributed by atoms with Crippen LogP contribution in [0.4, 0.5) is 5.69 Å². The topological polar surface area (TPSA) is 48.4 Å². The maximum atomic E-state index is 5.98. The Morgan fingerprint density at radius 2 is 2.00 bits per heavy atom. The predicted octanol–water partition coefficient (Wildman–Crippen LogP) is 3.90. The summed E-state index contributed by atoms with van der Waals surface area (Å²) >= 11 is 0. The number of hydrogen-bond donors (Lipinski definition) is 1. The lowest BCUT2D eigenvalue weighted by Gasteiger charge is -2.06. The van der Waals surface area contributed by atoms with Crippen LogP contribution in [0.5, 0.6) is 5.75 Å². The Morgan fingerprint density at radius 1 is 1.16 bits per heavy atom. The van der Waals surface area contributed by atoms with Crippen molar-refractivity contribution in [1.82, 2.24) is 0 Å². The predicted molar refractivity (Wildman–Crippen MR) is 76.1 cm³/mol. The van der Waals surface area contributed by atoms with Crippen molar-refractivity contribution < 1.29 is 9.15 Å². The van der Waals surface area contributed by atoms with Gasteiger partial charge in [-0.15, -0.1) is 0 Å². The van der Waals surface area contributed by atoms with Gasteiger partial charge in [0.1, 0.15) is 17.9 Å². The van der Waals surface area contributed by atoms with E-state index in [1.807, 2.05) is 49.4 Å². The zero-order valence-electron chi connectivity index (χ0n) is 10.7. The first-order valence-electron chi connectivity index (χ1n) is 6.18. The molecular weight excluding hydrogens is 238 g/mol. The zero-order chi connectivity index (χ0) is 13.2. The van der Waals surface area contributed by atoms with E-state index < -0.39 is 0 Å². The molecule has 3 nitrogen and oxygen atoms in total. The highest BCUT2D eigenvalue weighted by molar-refractivity contribution is 5.92. The van der Waals surface area contributed by atoms with Crippen molar-refractivity contribution in [2.24, 2.45) is 0 Å². The minimum Gasteiger partial charge on any atom is -0.489 e. The molecule has 0 unspecified atom stereocenters. The Bertz CT molecular complexity index is 716. The highest BCUT2D eigenvalue weighted by Crippen LogP contribution is 2.27. The van der Waals surface area contributed by atoms with Gasteiger partial charge in [-0.1, -0.05) is 18.2 Å². The minimum atomic E-state index is 0.449. The molecule has 2 aromatic carbocycles. The lowest BCUT2D eigenvalue weighted by atomic mass is 10.1. The number of nitrogens with two attached hydrogens (primary N) is 1. The maximum absolute atomic E-state index is 5.98. The van der Waals surface area contributed by atoms with E-state index in [-0.39, 0.29) is 0 Å². The van der Waals surface area contributed by atoms with Crippen molar-refractivity contribution in [2.75, 3.05) is 5.73 Å². The molecule has 0 aliphatic carbocycles. The summed E-state index contributed by atoms with van der Waals surface area (Å²) in [6, 6.07) is 13.6. The van der Waals surface area contributed by atoms with Gasteiger partial charge in [0.2, 0.25) is 0 Å². The second-order valence-corrected chi connectivity index (χ2v) is 4.59. The average molecular weight is 253 g/mol. The van der Waals surface area contributed by atoms with Crippen molar-refractivity contribution in [3.63, 3.8) is 0 Å². The molecule has 0 radical (unpaired) electrons. The van der Waals surface area contributed by atoms with E-state index in [1.54, 1.807) is 6.26 Å². The normalized spacial score (nSPS) is 10.8. The summed E-state index contributed by atoms with van der Waals surface area (Å²) in [5.74, 6) is 0.851. The van der Waals surface area contributed by atoms with Crippen molar-refractivity contribution in [2.45, 2.75) is 13.5 Å². The number of anilines is 1. The highest BCUT2D eigenvalue weighted by Gasteiger charge is 2.09. The third kappa shape index (κ3) is 2.27. The molecule has 0 aliphatic rings. The van der Waals surface area contributed by atoms with Gasteiger partial charge in [-0.3, -0.25) is 0 Å². The van der Waals surface area contributed by atoms with Crippen LogP contribution in [0.25, 0.3) is 11.0 Å². The quantitative estimate of drug-likeness (QED) is 0.720. The Labute approximate surface area is 111 Å². The number of fused-ring (bicyclic) bond motifs is 1. The van der Waals surface area contributed by atoms with E-state index in [0.717, 1.165) is 22.3 Å². The van der Waals surface area contributed by atoms with Crippen LogP contribution in [0, 0.1) is 6.92 Å².